The van der Waals surface area contributed by atoms with Gasteiger partial charge in [0.25, 0.3) is 0 Å². The molecule has 1 saturated heterocycles. The van der Waals surface area contributed by atoms with Crippen LogP contribution in [0.3, 0.4) is 0 Å². The number of likely N-dealkylation sites (tertiary alicyclic amines) is 1. The van der Waals surface area contributed by atoms with Crippen LogP contribution in [-0.4, -0.2) is 43.1 Å². The van der Waals surface area contributed by atoms with Crippen LogP contribution in [0.25, 0.3) is 0 Å². The monoisotopic (exact) mass is 247 g/mol. The fourth-order valence-corrected chi connectivity index (χ4v) is 2.47. The summed E-state index contributed by atoms with van der Waals surface area (Å²) in [6, 6.07) is 0. The molecule has 0 atom stereocenters. The van der Waals surface area contributed by atoms with Crippen LogP contribution < -0.4 is 0 Å². The summed E-state index contributed by atoms with van der Waals surface area (Å²) in [6.07, 6.45) is 5.42. The lowest BCUT2D eigenvalue weighted by atomic mass is 10.0. The molecule has 3 heteroatoms. The van der Waals surface area contributed by atoms with E-state index in [2.05, 4.69) is 18.7 Å². The average Bonchev–Trinajstić information content (AvgIpc) is 2.35. The molecule has 1 rings (SSSR count). The molecule has 0 bridgehead atoms. The van der Waals surface area contributed by atoms with E-state index >= 15 is 0 Å². The van der Waals surface area contributed by atoms with Gasteiger partial charge in [0, 0.05) is 25.5 Å². The van der Waals surface area contributed by atoms with Crippen LogP contribution >= 0.6 is 11.6 Å². The Morgan fingerprint density at radius 2 is 1.88 bits per heavy atom. The first-order valence-electron chi connectivity index (χ1n) is 6.70. The van der Waals surface area contributed by atoms with Crippen molar-refractivity contribution in [2.45, 2.75) is 45.6 Å². The Morgan fingerprint density at radius 3 is 2.38 bits per heavy atom. The number of hydrogen-bond donors (Lipinski definition) is 0. The van der Waals surface area contributed by atoms with Crippen molar-refractivity contribution in [3.8, 4) is 0 Å². The van der Waals surface area contributed by atoms with Gasteiger partial charge in [0.05, 0.1) is 12.7 Å². The molecule has 0 spiro atoms. The van der Waals surface area contributed by atoms with Gasteiger partial charge < -0.3 is 9.64 Å². The first-order valence-corrected chi connectivity index (χ1v) is 7.23. The highest BCUT2D eigenvalue weighted by Gasteiger charge is 2.20. The first-order chi connectivity index (χ1) is 7.80. The number of alkyl halides is 1. The van der Waals surface area contributed by atoms with E-state index in [1.165, 1.54) is 45.3 Å². The lowest BCUT2D eigenvalue weighted by Crippen LogP contribution is -2.39. The molecule has 0 aromatic carbocycles. The molecule has 0 unspecified atom stereocenters. The van der Waals surface area contributed by atoms with E-state index < -0.39 is 0 Å². The molecule has 0 aromatic heterocycles. The zero-order chi connectivity index (χ0) is 11.8. The molecule has 0 aliphatic carbocycles. The molecule has 0 N–H and O–H groups in total. The number of hydrogen-bond acceptors (Lipinski definition) is 2. The topological polar surface area (TPSA) is 12.5 Å². The molecule has 0 aromatic rings. The summed E-state index contributed by atoms with van der Waals surface area (Å²) < 4.78 is 5.68. The van der Waals surface area contributed by atoms with Crippen LogP contribution in [0.1, 0.15) is 39.5 Å². The molecule has 1 fully saturated rings. The van der Waals surface area contributed by atoms with E-state index in [0.717, 1.165) is 5.92 Å². The van der Waals surface area contributed by atoms with Gasteiger partial charge in [-0.15, -0.1) is 11.6 Å². The van der Waals surface area contributed by atoms with Gasteiger partial charge in [-0.05, 0) is 18.8 Å². The summed E-state index contributed by atoms with van der Waals surface area (Å²) in [5, 5.41) is 0. The quantitative estimate of drug-likeness (QED) is 0.641. The van der Waals surface area contributed by atoms with Crippen LogP contribution in [0, 0.1) is 5.92 Å². The molecule has 1 heterocycles. The Morgan fingerprint density at radius 1 is 1.25 bits per heavy atom. The van der Waals surface area contributed by atoms with Crippen LogP contribution in [0.15, 0.2) is 0 Å². The smallest absolute Gasteiger partial charge is 0.0605 e. The minimum Gasteiger partial charge on any atom is -0.377 e. The van der Waals surface area contributed by atoms with Crippen molar-refractivity contribution < 1.29 is 4.74 Å². The van der Waals surface area contributed by atoms with Crippen molar-refractivity contribution in [2.75, 3.05) is 32.1 Å². The maximum atomic E-state index is 5.68. The maximum Gasteiger partial charge on any atom is 0.0605 e. The third-order valence-corrected chi connectivity index (χ3v) is 3.79. The summed E-state index contributed by atoms with van der Waals surface area (Å²) in [5.41, 5.74) is 0. The van der Waals surface area contributed by atoms with Gasteiger partial charge in [0.1, 0.15) is 0 Å². The summed E-state index contributed by atoms with van der Waals surface area (Å²) in [7, 11) is 0. The van der Waals surface area contributed by atoms with Crippen LogP contribution in [0.2, 0.25) is 0 Å². The Bertz CT molecular complexity index is 165. The molecule has 1 aliphatic rings. The third kappa shape index (κ3) is 5.03. The van der Waals surface area contributed by atoms with E-state index in [1.807, 2.05) is 0 Å². The van der Waals surface area contributed by atoms with Gasteiger partial charge in [-0.2, -0.15) is 0 Å². The molecular weight excluding hydrogens is 222 g/mol. The predicted molar refractivity (Wildman–Crippen MR) is 70.2 cm³/mol. The lowest BCUT2D eigenvalue weighted by Gasteiger charge is -2.33. The largest absolute Gasteiger partial charge is 0.377 e. The Kier molecular flexibility index (Phi) is 7.42. The normalized spacial score (nSPS) is 19.5. The van der Waals surface area contributed by atoms with E-state index in [1.54, 1.807) is 0 Å². The van der Waals surface area contributed by atoms with Crippen LogP contribution in [-0.2, 0) is 4.74 Å². The summed E-state index contributed by atoms with van der Waals surface area (Å²) >= 11 is 5.62. The minimum atomic E-state index is 0.455. The van der Waals surface area contributed by atoms with Crippen LogP contribution in [0.4, 0.5) is 0 Å². The van der Waals surface area contributed by atoms with Gasteiger partial charge in [-0.25, -0.2) is 0 Å². The molecule has 0 saturated carbocycles. The zero-order valence-corrected chi connectivity index (χ0v) is 11.5. The number of ether oxygens (including phenoxy) is 1. The SMILES string of the molecule is CCC(CC)CN1CCC(OCCCl)CC1. The molecule has 0 amide bonds. The highest BCUT2D eigenvalue weighted by Crippen LogP contribution is 2.17. The number of piperidine rings is 1. The Hall–Kier alpha value is 0.210. The second-order valence-electron chi connectivity index (χ2n) is 4.74. The van der Waals surface area contributed by atoms with Crippen molar-refractivity contribution in [2.24, 2.45) is 5.92 Å². The lowest BCUT2D eigenvalue weighted by molar-refractivity contribution is 0.0117. The Balaban J connectivity index is 2.16. The van der Waals surface area contributed by atoms with Crippen molar-refractivity contribution in [1.29, 1.82) is 0 Å². The van der Waals surface area contributed by atoms with Gasteiger partial charge in [-0.1, -0.05) is 26.7 Å². The molecule has 2 nitrogen and oxygen atoms in total. The highest BCUT2D eigenvalue weighted by atomic mass is 35.5. The third-order valence-electron chi connectivity index (χ3n) is 3.64. The van der Waals surface area contributed by atoms with Crippen molar-refractivity contribution in [3.05, 3.63) is 0 Å². The van der Waals surface area contributed by atoms with E-state index in [-0.39, 0.29) is 0 Å². The molecular formula is C13H26ClNO. The highest BCUT2D eigenvalue weighted by molar-refractivity contribution is 6.17. The average molecular weight is 248 g/mol. The summed E-state index contributed by atoms with van der Waals surface area (Å²) in [6.45, 7) is 8.97. The summed E-state index contributed by atoms with van der Waals surface area (Å²) in [5.74, 6) is 1.49. The number of nitrogens with zero attached hydrogens (tertiary/aromatic N) is 1. The van der Waals surface area contributed by atoms with Gasteiger partial charge in [-0.3, -0.25) is 0 Å². The fourth-order valence-electron chi connectivity index (χ4n) is 2.38. The van der Waals surface area contributed by atoms with Crippen LogP contribution in [0.5, 0.6) is 0 Å². The predicted octanol–water partition coefficient (Wildman–Crippen LogP) is 3.14. The minimum absolute atomic E-state index is 0.455. The summed E-state index contributed by atoms with van der Waals surface area (Å²) in [4.78, 5) is 2.60. The molecule has 1 aliphatic heterocycles. The van der Waals surface area contributed by atoms with Gasteiger partial charge in [0.15, 0.2) is 0 Å². The van der Waals surface area contributed by atoms with Crippen molar-refractivity contribution >= 4 is 11.6 Å². The van der Waals surface area contributed by atoms with Crippen molar-refractivity contribution in [1.82, 2.24) is 4.90 Å². The van der Waals surface area contributed by atoms with Gasteiger partial charge in [0.2, 0.25) is 0 Å². The molecule has 16 heavy (non-hydrogen) atoms. The Labute approximate surface area is 105 Å². The van der Waals surface area contributed by atoms with E-state index in [0.29, 0.717) is 18.6 Å². The fraction of sp³-hybridized carbons (Fsp3) is 1.00. The molecule has 96 valence electrons. The first kappa shape index (κ1) is 14.3. The standard InChI is InChI=1S/C13H26ClNO/c1-3-12(4-2)11-15-8-5-13(6-9-15)16-10-7-14/h12-13H,3-11H2,1-2H3. The van der Waals surface area contributed by atoms with E-state index in [4.69, 9.17) is 16.3 Å². The van der Waals surface area contributed by atoms with Crippen molar-refractivity contribution in [3.63, 3.8) is 0 Å². The number of halogens is 1. The van der Waals surface area contributed by atoms with Gasteiger partial charge >= 0.3 is 0 Å². The second-order valence-corrected chi connectivity index (χ2v) is 5.12. The maximum absolute atomic E-state index is 5.68. The zero-order valence-electron chi connectivity index (χ0n) is 10.8. The second kappa shape index (κ2) is 8.32. The molecule has 0 radical (unpaired) electrons. The van der Waals surface area contributed by atoms with E-state index in [9.17, 15) is 0 Å². The number of rotatable bonds is 7.